The number of imidazole rings is 1. The van der Waals surface area contributed by atoms with Gasteiger partial charge in [-0.25, -0.2) is 9.97 Å². The highest BCUT2D eigenvalue weighted by Crippen LogP contribution is 2.38. The van der Waals surface area contributed by atoms with Crippen molar-refractivity contribution in [1.29, 1.82) is 0 Å². The number of rotatable bonds is 4. The number of nitrogens with zero attached hydrogens (tertiary/aromatic N) is 5. The van der Waals surface area contributed by atoms with Crippen LogP contribution in [0.5, 0.6) is 0 Å². The van der Waals surface area contributed by atoms with Gasteiger partial charge < -0.3 is 4.57 Å². The molecule has 0 amide bonds. The lowest BCUT2D eigenvalue weighted by molar-refractivity contribution is 0.528. The van der Waals surface area contributed by atoms with Crippen LogP contribution in [0.4, 0.5) is 0 Å². The fraction of sp³-hybridized carbons (Fsp3) is 0.364. The Balaban J connectivity index is 1.65. The molecule has 3 aromatic rings. The third-order valence-electron chi connectivity index (χ3n) is 5.84. The molecule has 1 aromatic carbocycles. The smallest absolute Gasteiger partial charge is 0.224 e. The highest BCUT2D eigenvalue weighted by atomic mass is 35.5. The van der Waals surface area contributed by atoms with Crippen LogP contribution in [0, 0.1) is 6.92 Å². The summed E-state index contributed by atoms with van der Waals surface area (Å²) in [5, 5.41) is 0.251. The Labute approximate surface area is 169 Å². The van der Waals surface area contributed by atoms with Crippen molar-refractivity contribution in [3.63, 3.8) is 0 Å². The minimum absolute atomic E-state index is 0.251. The van der Waals surface area contributed by atoms with Gasteiger partial charge in [-0.15, -0.1) is 0 Å². The number of aromatic nitrogens is 4. The van der Waals surface area contributed by atoms with Gasteiger partial charge in [0.1, 0.15) is 16.7 Å². The van der Waals surface area contributed by atoms with E-state index in [4.69, 9.17) is 21.6 Å². The van der Waals surface area contributed by atoms with Crippen LogP contribution in [0.1, 0.15) is 48.5 Å². The maximum atomic E-state index is 6.39. The molecule has 1 atom stereocenters. The van der Waals surface area contributed by atoms with Crippen molar-refractivity contribution >= 4 is 29.0 Å². The topological polar surface area (TPSA) is 56.0 Å². The van der Waals surface area contributed by atoms with Crippen LogP contribution >= 0.6 is 11.6 Å². The van der Waals surface area contributed by atoms with Crippen LogP contribution in [-0.2, 0) is 12.0 Å². The Morgan fingerprint density at radius 1 is 1.21 bits per heavy atom. The number of halogens is 1. The van der Waals surface area contributed by atoms with Gasteiger partial charge in [-0.2, -0.15) is 4.98 Å². The lowest BCUT2D eigenvalue weighted by Crippen LogP contribution is -2.25. The largest absolute Gasteiger partial charge is 0.312 e. The number of aryl methyl sites for hydroxylation is 1. The van der Waals surface area contributed by atoms with Crippen LogP contribution < -0.4 is 0 Å². The van der Waals surface area contributed by atoms with Crippen LogP contribution in [0.15, 0.2) is 47.7 Å². The van der Waals surface area contributed by atoms with Gasteiger partial charge in [0.05, 0.1) is 6.33 Å². The Morgan fingerprint density at radius 2 is 2.07 bits per heavy atom. The zero-order chi connectivity index (χ0) is 19.1. The number of allylic oxidation sites excluding steroid dienone is 1. The van der Waals surface area contributed by atoms with Gasteiger partial charge in [-0.3, -0.25) is 4.99 Å². The molecule has 1 saturated carbocycles. The fourth-order valence-electron chi connectivity index (χ4n) is 4.52. The average molecular weight is 392 g/mol. The van der Waals surface area contributed by atoms with Gasteiger partial charge in [0.25, 0.3) is 0 Å². The molecule has 2 aromatic heterocycles. The van der Waals surface area contributed by atoms with E-state index in [9.17, 15) is 0 Å². The van der Waals surface area contributed by atoms with Crippen LogP contribution in [0.2, 0.25) is 5.28 Å². The molecule has 1 fully saturated rings. The Hall–Kier alpha value is -2.53. The van der Waals surface area contributed by atoms with E-state index in [1.54, 1.807) is 0 Å². The van der Waals surface area contributed by atoms with Gasteiger partial charge in [-0.1, -0.05) is 42.7 Å². The van der Waals surface area contributed by atoms with E-state index in [2.05, 4.69) is 51.8 Å². The SMILES string of the molecule is Cc1cccc(CC2(c3nc(Cl)nc4c3ncn4C3CCCC3)C=CC=N2)c1. The van der Waals surface area contributed by atoms with E-state index in [0.29, 0.717) is 12.5 Å². The predicted molar refractivity (Wildman–Crippen MR) is 112 cm³/mol. The van der Waals surface area contributed by atoms with E-state index < -0.39 is 5.54 Å². The highest BCUT2D eigenvalue weighted by Gasteiger charge is 2.36. The molecular weight excluding hydrogens is 370 g/mol. The first-order valence-electron chi connectivity index (χ1n) is 9.84. The first-order chi connectivity index (χ1) is 13.6. The molecule has 142 valence electrons. The van der Waals surface area contributed by atoms with Gasteiger partial charge in [0.15, 0.2) is 5.65 Å². The van der Waals surface area contributed by atoms with Gasteiger partial charge in [-0.05, 0) is 49.1 Å². The number of hydrogen-bond acceptors (Lipinski definition) is 4. The zero-order valence-electron chi connectivity index (χ0n) is 15.8. The monoisotopic (exact) mass is 391 g/mol. The normalized spacial score (nSPS) is 21.9. The molecule has 0 bridgehead atoms. The molecule has 1 aliphatic heterocycles. The van der Waals surface area contributed by atoms with E-state index >= 15 is 0 Å². The van der Waals surface area contributed by atoms with Crippen LogP contribution in [0.25, 0.3) is 11.2 Å². The summed E-state index contributed by atoms with van der Waals surface area (Å²) in [4.78, 5) is 18.7. The maximum absolute atomic E-state index is 6.39. The van der Waals surface area contributed by atoms with Crippen molar-refractivity contribution in [1.82, 2.24) is 19.5 Å². The molecule has 1 unspecified atom stereocenters. The van der Waals surface area contributed by atoms with E-state index in [1.807, 2.05) is 18.6 Å². The minimum atomic E-state index is -0.604. The summed E-state index contributed by atoms with van der Waals surface area (Å²) in [6.45, 7) is 2.10. The molecule has 0 N–H and O–H groups in total. The van der Waals surface area contributed by atoms with E-state index in [1.165, 1.54) is 24.0 Å². The molecule has 28 heavy (non-hydrogen) atoms. The summed E-state index contributed by atoms with van der Waals surface area (Å²) in [5.74, 6) is 0. The Morgan fingerprint density at radius 3 is 2.82 bits per heavy atom. The Kier molecular flexibility index (Phi) is 4.27. The molecule has 6 heteroatoms. The fourth-order valence-corrected chi connectivity index (χ4v) is 4.69. The van der Waals surface area contributed by atoms with Crippen molar-refractivity contribution in [2.45, 2.75) is 50.6 Å². The van der Waals surface area contributed by atoms with Crippen molar-refractivity contribution in [3.8, 4) is 0 Å². The highest BCUT2D eigenvalue weighted by molar-refractivity contribution is 6.28. The number of aliphatic imine (C=N–C) groups is 1. The van der Waals surface area contributed by atoms with Gasteiger partial charge in [0, 0.05) is 18.7 Å². The maximum Gasteiger partial charge on any atom is 0.224 e. The van der Waals surface area contributed by atoms with Crippen LogP contribution in [0.3, 0.4) is 0 Å². The lowest BCUT2D eigenvalue weighted by atomic mass is 9.87. The van der Waals surface area contributed by atoms with Crippen molar-refractivity contribution in [2.24, 2.45) is 4.99 Å². The summed E-state index contributed by atoms with van der Waals surface area (Å²) in [6, 6.07) is 8.96. The summed E-state index contributed by atoms with van der Waals surface area (Å²) in [7, 11) is 0. The molecule has 5 rings (SSSR count). The van der Waals surface area contributed by atoms with Crippen molar-refractivity contribution in [3.05, 3.63) is 64.8 Å². The molecule has 0 saturated heterocycles. The second-order valence-corrected chi connectivity index (χ2v) is 8.17. The summed E-state index contributed by atoms with van der Waals surface area (Å²) < 4.78 is 2.18. The number of hydrogen-bond donors (Lipinski definition) is 0. The molecule has 3 heterocycles. The standard InChI is InChI=1S/C22H22ClN5/c1-15-6-4-7-16(12-15)13-22(10-5-11-25-22)19-18-20(27-21(23)26-19)28(14-24-18)17-8-2-3-9-17/h4-7,10-12,14,17H,2-3,8-9,13H2,1H3. The van der Waals surface area contributed by atoms with Gasteiger partial charge >= 0.3 is 0 Å². The van der Waals surface area contributed by atoms with Crippen LogP contribution in [-0.4, -0.2) is 25.7 Å². The third-order valence-corrected chi connectivity index (χ3v) is 6.01. The quantitative estimate of drug-likeness (QED) is 0.589. The second kappa shape index (κ2) is 6.82. The summed E-state index contributed by atoms with van der Waals surface area (Å²) in [5.41, 5.74) is 4.24. The van der Waals surface area contributed by atoms with Crippen molar-refractivity contribution < 1.29 is 0 Å². The van der Waals surface area contributed by atoms with E-state index in [-0.39, 0.29) is 5.28 Å². The number of fused-ring (bicyclic) bond motifs is 1. The predicted octanol–water partition coefficient (Wildman–Crippen LogP) is 4.98. The summed E-state index contributed by atoms with van der Waals surface area (Å²) in [6.07, 6.45) is 13.3. The molecular formula is C22H22ClN5. The van der Waals surface area contributed by atoms with Crippen molar-refractivity contribution in [2.75, 3.05) is 0 Å². The minimum Gasteiger partial charge on any atom is -0.312 e. The molecule has 5 nitrogen and oxygen atoms in total. The first-order valence-corrected chi connectivity index (χ1v) is 10.2. The molecule has 0 radical (unpaired) electrons. The molecule has 2 aliphatic rings. The Bertz CT molecular complexity index is 1080. The molecule has 0 spiro atoms. The number of benzene rings is 1. The zero-order valence-corrected chi connectivity index (χ0v) is 16.6. The second-order valence-electron chi connectivity index (χ2n) is 7.83. The first kappa shape index (κ1) is 17.6. The third kappa shape index (κ3) is 2.94. The lowest BCUT2D eigenvalue weighted by Gasteiger charge is -2.24. The summed E-state index contributed by atoms with van der Waals surface area (Å²) >= 11 is 6.39. The van der Waals surface area contributed by atoms with E-state index in [0.717, 1.165) is 29.7 Å². The molecule has 1 aliphatic carbocycles. The average Bonchev–Trinajstić information content (AvgIpc) is 3.41. The van der Waals surface area contributed by atoms with Gasteiger partial charge in [0.2, 0.25) is 5.28 Å².